The summed E-state index contributed by atoms with van der Waals surface area (Å²) in [5.41, 5.74) is 2.42. The Morgan fingerprint density at radius 1 is 1.03 bits per heavy atom. The zero-order valence-corrected chi connectivity index (χ0v) is 17.1. The summed E-state index contributed by atoms with van der Waals surface area (Å²) in [5, 5.41) is 6.36. The molecule has 0 aliphatic rings. The summed E-state index contributed by atoms with van der Waals surface area (Å²) in [6.07, 6.45) is 0. The van der Waals surface area contributed by atoms with Crippen LogP contribution in [0.4, 0.5) is 8.78 Å². The normalized spacial score (nSPS) is 11.3. The Hall–Kier alpha value is -3.03. The highest BCUT2D eigenvalue weighted by atomic mass is 19.3. The van der Waals surface area contributed by atoms with E-state index in [4.69, 9.17) is 9.47 Å². The van der Waals surface area contributed by atoms with Gasteiger partial charge < -0.3 is 24.8 Å². The number of rotatable bonds is 9. The minimum absolute atomic E-state index is 0.125. The maximum Gasteiger partial charge on any atom is 0.387 e. The molecule has 0 aliphatic heterocycles. The molecule has 29 heavy (non-hydrogen) atoms. The smallest absolute Gasteiger partial charge is 0.387 e. The number of aryl methyl sites for hydroxylation is 1. The number of nitrogens with one attached hydrogen (secondary N) is 2. The second-order valence-corrected chi connectivity index (χ2v) is 6.19. The van der Waals surface area contributed by atoms with Crippen LogP contribution in [0.5, 0.6) is 17.2 Å². The van der Waals surface area contributed by atoms with E-state index in [2.05, 4.69) is 20.4 Å². The highest BCUT2D eigenvalue weighted by Crippen LogP contribution is 2.30. The summed E-state index contributed by atoms with van der Waals surface area (Å²) in [4.78, 5) is 4.50. The van der Waals surface area contributed by atoms with Crippen LogP contribution in [0.3, 0.4) is 0 Å². The van der Waals surface area contributed by atoms with Crippen LogP contribution in [-0.4, -0.2) is 33.3 Å². The van der Waals surface area contributed by atoms with Gasteiger partial charge in [-0.2, -0.15) is 8.78 Å². The van der Waals surface area contributed by atoms with Gasteiger partial charge in [0, 0.05) is 24.2 Å². The molecule has 6 nitrogen and oxygen atoms in total. The van der Waals surface area contributed by atoms with Gasteiger partial charge in [-0.1, -0.05) is 29.8 Å². The first-order chi connectivity index (χ1) is 14.0. The van der Waals surface area contributed by atoms with Gasteiger partial charge in [-0.05, 0) is 26.0 Å². The number of halogens is 2. The average molecular weight is 407 g/mol. The number of alkyl halides is 2. The summed E-state index contributed by atoms with van der Waals surface area (Å²) in [7, 11) is 3.17. The van der Waals surface area contributed by atoms with Crippen molar-refractivity contribution >= 4 is 5.96 Å². The van der Waals surface area contributed by atoms with Crippen molar-refractivity contribution < 1.29 is 23.0 Å². The van der Waals surface area contributed by atoms with Gasteiger partial charge in [0.1, 0.15) is 5.75 Å². The molecule has 0 saturated heterocycles. The monoisotopic (exact) mass is 407 g/mol. The zero-order valence-electron chi connectivity index (χ0n) is 17.1. The summed E-state index contributed by atoms with van der Waals surface area (Å²) in [6, 6.07) is 10.7. The minimum Gasteiger partial charge on any atom is -0.493 e. The molecule has 0 heterocycles. The minimum atomic E-state index is -2.88. The van der Waals surface area contributed by atoms with Crippen LogP contribution < -0.4 is 24.8 Å². The van der Waals surface area contributed by atoms with Gasteiger partial charge >= 0.3 is 6.61 Å². The van der Waals surface area contributed by atoms with Gasteiger partial charge in [-0.25, -0.2) is 4.99 Å². The molecule has 0 radical (unpaired) electrons. The van der Waals surface area contributed by atoms with E-state index in [-0.39, 0.29) is 12.3 Å². The molecule has 0 fully saturated rings. The van der Waals surface area contributed by atoms with Crippen molar-refractivity contribution in [1.29, 1.82) is 0 Å². The second kappa shape index (κ2) is 11.1. The number of hydrogen-bond acceptors (Lipinski definition) is 4. The van der Waals surface area contributed by atoms with E-state index in [1.54, 1.807) is 26.4 Å². The molecule has 0 amide bonds. The molecule has 2 aromatic rings. The predicted molar refractivity (Wildman–Crippen MR) is 109 cm³/mol. The maximum absolute atomic E-state index is 12.7. The first kappa shape index (κ1) is 22.3. The molecule has 0 aliphatic carbocycles. The lowest BCUT2D eigenvalue weighted by Crippen LogP contribution is -2.36. The van der Waals surface area contributed by atoms with E-state index < -0.39 is 6.61 Å². The highest BCUT2D eigenvalue weighted by molar-refractivity contribution is 5.79. The predicted octanol–water partition coefficient (Wildman–Crippen LogP) is 3.87. The molecule has 0 unspecified atom stereocenters. The van der Waals surface area contributed by atoms with Crippen LogP contribution in [0.1, 0.15) is 23.6 Å². The van der Waals surface area contributed by atoms with Crippen LogP contribution in [0.25, 0.3) is 0 Å². The third-order valence-electron chi connectivity index (χ3n) is 4.11. The SMILES string of the molecule is CCNC(=NCc1cc(C)ccc1OC(F)F)NCc1cccc(OC)c1OC. The molecule has 2 rings (SSSR count). The fraction of sp³-hybridized carbons (Fsp3) is 0.381. The van der Waals surface area contributed by atoms with E-state index in [0.717, 1.165) is 11.1 Å². The van der Waals surface area contributed by atoms with Crippen molar-refractivity contribution in [3.05, 3.63) is 53.1 Å². The van der Waals surface area contributed by atoms with Crippen LogP contribution >= 0.6 is 0 Å². The molecule has 2 aromatic carbocycles. The van der Waals surface area contributed by atoms with Gasteiger partial charge in [0.25, 0.3) is 0 Å². The van der Waals surface area contributed by atoms with Crippen molar-refractivity contribution in [2.45, 2.75) is 33.5 Å². The Morgan fingerprint density at radius 3 is 2.48 bits per heavy atom. The molecule has 158 valence electrons. The van der Waals surface area contributed by atoms with E-state index in [0.29, 0.717) is 36.1 Å². The van der Waals surface area contributed by atoms with Crippen molar-refractivity contribution in [2.75, 3.05) is 20.8 Å². The van der Waals surface area contributed by atoms with Crippen molar-refractivity contribution in [3.63, 3.8) is 0 Å². The molecule has 8 heteroatoms. The topological polar surface area (TPSA) is 64.1 Å². The van der Waals surface area contributed by atoms with Gasteiger partial charge in [0.2, 0.25) is 0 Å². The number of methoxy groups -OCH3 is 2. The van der Waals surface area contributed by atoms with Crippen LogP contribution in [0.2, 0.25) is 0 Å². The molecule has 2 N–H and O–H groups in total. The Kier molecular flexibility index (Phi) is 8.51. The van der Waals surface area contributed by atoms with E-state index in [1.807, 2.05) is 32.0 Å². The molecule has 0 saturated carbocycles. The molecular formula is C21H27F2N3O3. The van der Waals surface area contributed by atoms with Gasteiger partial charge in [0.05, 0.1) is 20.8 Å². The number of ether oxygens (including phenoxy) is 3. The maximum atomic E-state index is 12.7. The fourth-order valence-corrected chi connectivity index (χ4v) is 2.82. The third-order valence-corrected chi connectivity index (χ3v) is 4.11. The first-order valence-electron chi connectivity index (χ1n) is 9.24. The summed E-state index contributed by atoms with van der Waals surface area (Å²) >= 11 is 0. The Morgan fingerprint density at radius 2 is 1.83 bits per heavy atom. The summed E-state index contributed by atoms with van der Waals surface area (Å²) < 4.78 is 40.7. The average Bonchev–Trinajstić information content (AvgIpc) is 2.71. The Labute approximate surface area is 169 Å². The van der Waals surface area contributed by atoms with E-state index in [9.17, 15) is 8.78 Å². The lowest BCUT2D eigenvalue weighted by atomic mass is 10.1. The van der Waals surface area contributed by atoms with Crippen molar-refractivity contribution in [2.24, 2.45) is 4.99 Å². The summed E-state index contributed by atoms with van der Waals surface area (Å²) in [6.45, 7) is 2.23. The number of hydrogen-bond donors (Lipinski definition) is 2. The van der Waals surface area contributed by atoms with Crippen LogP contribution in [0.15, 0.2) is 41.4 Å². The zero-order chi connectivity index (χ0) is 21.2. The summed E-state index contributed by atoms with van der Waals surface area (Å²) in [5.74, 6) is 1.95. The van der Waals surface area contributed by atoms with Gasteiger partial charge in [-0.3, -0.25) is 0 Å². The third kappa shape index (κ3) is 6.51. The standard InChI is InChI=1S/C21H27F2N3O3/c1-5-24-21(25-12-15-7-6-8-18(27-3)19(15)28-4)26-13-16-11-14(2)9-10-17(16)29-20(22)23/h6-11,20H,5,12-13H2,1-4H3,(H2,24,25,26). The van der Waals surface area contributed by atoms with Gasteiger partial charge in [-0.15, -0.1) is 0 Å². The number of nitrogens with zero attached hydrogens (tertiary/aromatic N) is 1. The number of guanidine groups is 1. The van der Waals surface area contributed by atoms with Crippen LogP contribution in [0, 0.1) is 6.92 Å². The quantitative estimate of drug-likeness (QED) is 0.488. The number of benzene rings is 2. The van der Waals surface area contributed by atoms with Crippen molar-refractivity contribution in [3.8, 4) is 17.2 Å². The highest BCUT2D eigenvalue weighted by Gasteiger charge is 2.12. The van der Waals surface area contributed by atoms with Crippen LogP contribution in [-0.2, 0) is 13.1 Å². The van der Waals surface area contributed by atoms with E-state index in [1.165, 1.54) is 6.07 Å². The Balaban J connectivity index is 2.16. The second-order valence-electron chi connectivity index (χ2n) is 6.19. The number of aliphatic imine (C=N–C) groups is 1. The molecule has 0 spiro atoms. The number of para-hydroxylation sites is 1. The van der Waals surface area contributed by atoms with E-state index >= 15 is 0 Å². The lowest BCUT2D eigenvalue weighted by molar-refractivity contribution is -0.0504. The molecule has 0 atom stereocenters. The van der Waals surface area contributed by atoms with Crippen molar-refractivity contribution in [1.82, 2.24) is 10.6 Å². The molecular weight excluding hydrogens is 380 g/mol. The molecule has 0 aromatic heterocycles. The fourth-order valence-electron chi connectivity index (χ4n) is 2.82. The largest absolute Gasteiger partial charge is 0.493 e. The first-order valence-corrected chi connectivity index (χ1v) is 9.24. The Bertz CT molecular complexity index is 829. The lowest BCUT2D eigenvalue weighted by Gasteiger charge is -2.16. The van der Waals surface area contributed by atoms with Gasteiger partial charge in [0.15, 0.2) is 17.5 Å². The molecule has 0 bridgehead atoms.